The van der Waals surface area contributed by atoms with Crippen molar-refractivity contribution in [2.45, 2.75) is 24.8 Å². The Morgan fingerprint density at radius 1 is 1.04 bits per heavy atom. The SMILES string of the molecule is Cc1[nH]c2ccccc2c1C(=O)[C@H](C)OC(=O)c1ccc(S(C)(=O)=O)cc1. The van der Waals surface area contributed by atoms with Crippen molar-refractivity contribution in [1.29, 1.82) is 0 Å². The number of nitrogens with one attached hydrogen (secondary N) is 1. The molecule has 0 fully saturated rings. The highest BCUT2D eigenvalue weighted by Crippen LogP contribution is 2.24. The molecule has 0 aliphatic heterocycles. The number of Topliss-reactive ketones (excluding diaryl/α,β-unsaturated/α-hetero) is 1. The van der Waals surface area contributed by atoms with Crippen molar-refractivity contribution in [3.63, 3.8) is 0 Å². The molecule has 0 saturated heterocycles. The van der Waals surface area contributed by atoms with Crippen molar-refractivity contribution in [2.75, 3.05) is 6.26 Å². The molecule has 0 aliphatic carbocycles. The van der Waals surface area contributed by atoms with E-state index in [-0.39, 0.29) is 16.2 Å². The van der Waals surface area contributed by atoms with Gasteiger partial charge in [-0.3, -0.25) is 4.79 Å². The average molecular weight is 385 g/mol. The number of ketones is 1. The largest absolute Gasteiger partial charge is 0.451 e. The van der Waals surface area contributed by atoms with Gasteiger partial charge in [-0.05, 0) is 44.2 Å². The van der Waals surface area contributed by atoms with E-state index in [1.807, 2.05) is 24.3 Å². The van der Waals surface area contributed by atoms with Gasteiger partial charge in [0.1, 0.15) is 0 Å². The van der Waals surface area contributed by atoms with Gasteiger partial charge < -0.3 is 9.72 Å². The number of sulfone groups is 1. The minimum atomic E-state index is -3.35. The number of aromatic nitrogens is 1. The van der Waals surface area contributed by atoms with Crippen LogP contribution in [-0.4, -0.2) is 37.5 Å². The van der Waals surface area contributed by atoms with Gasteiger partial charge >= 0.3 is 5.97 Å². The van der Waals surface area contributed by atoms with E-state index in [9.17, 15) is 18.0 Å². The number of carbonyl (C=O) groups excluding carboxylic acids is 2. The molecule has 0 aliphatic rings. The Balaban J connectivity index is 1.80. The number of ether oxygens (including phenoxy) is 1. The molecule has 7 heteroatoms. The quantitative estimate of drug-likeness (QED) is 0.537. The summed E-state index contributed by atoms with van der Waals surface area (Å²) in [7, 11) is -3.35. The van der Waals surface area contributed by atoms with Crippen LogP contribution in [0.5, 0.6) is 0 Å². The maximum Gasteiger partial charge on any atom is 0.338 e. The second-order valence-electron chi connectivity index (χ2n) is 6.38. The number of benzene rings is 2. The van der Waals surface area contributed by atoms with Crippen molar-refractivity contribution < 1.29 is 22.7 Å². The normalized spacial score (nSPS) is 12.7. The third-order valence-corrected chi connectivity index (χ3v) is 5.44. The molecule has 2 aromatic carbocycles. The second-order valence-corrected chi connectivity index (χ2v) is 8.39. The molecular weight excluding hydrogens is 366 g/mol. The lowest BCUT2D eigenvalue weighted by Crippen LogP contribution is -2.25. The van der Waals surface area contributed by atoms with Gasteiger partial charge in [0.05, 0.1) is 10.5 Å². The molecule has 0 saturated carbocycles. The summed E-state index contributed by atoms with van der Waals surface area (Å²) in [5, 5.41) is 0.778. The van der Waals surface area contributed by atoms with Gasteiger partial charge in [-0.15, -0.1) is 0 Å². The lowest BCUT2D eigenvalue weighted by atomic mass is 10.0. The summed E-state index contributed by atoms with van der Waals surface area (Å²) in [6, 6.07) is 12.8. The third-order valence-electron chi connectivity index (χ3n) is 4.31. The summed E-state index contributed by atoms with van der Waals surface area (Å²) in [6.45, 7) is 3.32. The molecule has 3 rings (SSSR count). The summed E-state index contributed by atoms with van der Waals surface area (Å²) in [6.07, 6.45) is 0.106. The number of rotatable bonds is 5. The first-order valence-corrected chi connectivity index (χ1v) is 10.2. The molecule has 0 unspecified atom stereocenters. The summed E-state index contributed by atoms with van der Waals surface area (Å²) in [5.41, 5.74) is 2.23. The fourth-order valence-corrected chi connectivity index (χ4v) is 3.55. The third kappa shape index (κ3) is 3.78. The fraction of sp³-hybridized carbons (Fsp3) is 0.200. The molecule has 1 heterocycles. The first-order chi connectivity index (χ1) is 12.7. The standard InChI is InChI=1S/C20H19NO5S/c1-12-18(16-6-4-5-7-17(16)21-12)19(22)13(2)26-20(23)14-8-10-15(11-9-14)27(3,24)25/h4-11,13,21H,1-3H3/t13-/m0/s1. The van der Waals surface area contributed by atoms with Gasteiger partial charge in [0.15, 0.2) is 15.9 Å². The Kier molecular flexibility index (Phi) is 4.89. The van der Waals surface area contributed by atoms with E-state index in [0.29, 0.717) is 11.3 Å². The molecule has 1 aromatic heterocycles. The first kappa shape index (κ1) is 18.8. The van der Waals surface area contributed by atoms with E-state index in [1.54, 1.807) is 6.92 Å². The molecular formula is C20H19NO5S. The Hall–Kier alpha value is -2.93. The van der Waals surface area contributed by atoms with E-state index in [0.717, 1.165) is 17.2 Å². The average Bonchev–Trinajstić information content (AvgIpc) is 2.96. The van der Waals surface area contributed by atoms with E-state index in [2.05, 4.69) is 4.98 Å². The highest BCUT2D eigenvalue weighted by Gasteiger charge is 2.25. The molecule has 140 valence electrons. The van der Waals surface area contributed by atoms with Gasteiger partial charge in [-0.2, -0.15) is 0 Å². The minimum Gasteiger partial charge on any atom is -0.451 e. The van der Waals surface area contributed by atoms with Gasteiger partial charge in [0.25, 0.3) is 0 Å². The zero-order valence-corrected chi connectivity index (χ0v) is 16.0. The van der Waals surface area contributed by atoms with Crippen LogP contribution >= 0.6 is 0 Å². The number of fused-ring (bicyclic) bond motifs is 1. The molecule has 6 nitrogen and oxygen atoms in total. The fourth-order valence-electron chi connectivity index (χ4n) is 2.92. The number of carbonyl (C=O) groups is 2. The van der Waals surface area contributed by atoms with Crippen LogP contribution in [0.3, 0.4) is 0 Å². The van der Waals surface area contributed by atoms with Crippen LogP contribution in [0.15, 0.2) is 53.4 Å². The highest BCUT2D eigenvalue weighted by atomic mass is 32.2. The van der Waals surface area contributed by atoms with E-state index in [1.165, 1.54) is 31.2 Å². The smallest absolute Gasteiger partial charge is 0.338 e. The van der Waals surface area contributed by atoms with Crippen LogP contribution < -0.4 is 0 Å². The molecule has 0 amide bonds. The van der Waals surface area contributed by atoms with Crippen LogP contribution in [0.2, 0.25) is 0 Å². The molecule has 0 bridgehead atoms. The predicted octanol–water partition coefficient (Wildman–Crippen LogP) is 3.31. The molecule has 0 radical (unpaired) electrons. The number of hydrogen-bond donors (Lipinski definition) is 1. The summed E-state index contributed by atoms with van der Waals surface area (Å²) < 4.78 is 28.3. The number of esters is 1. The molecule has 1 N–H and O–H groups in total. The van der Waals surface area contributed by atoms with Crippen molar-refractivity contribution >= 4 is 32.5 Å². The van der Waals surface area contributed by atoms with Crippen LogP contribution in [0.4, 0.5) is 0 Å². The molecule has 0 spiro atoms. The number of H-pyrrole nitrogens is 1. The van der Waals surface area contributed by atoms with Crippen LogP contribution in [0.1, 0.15) is 33.3 Å². The van der Waals surface area contributed by atoms with Gasteiger partial charge in [0.2, 0.25) is 5.78 Å². The topological polar surface area (TPSA) is 93.3 Å². The van der Waals surface area contributed by atoms with Crippen molar-refractivity contribution in [2.24, 2.45) is 0 Å². The van der Waals surface area contributed by atoms with Crippen molar-refractivity contribution in [1.82, 2.24) is 4.98 Å². The lowest BCUT2D eigenvalue weighted by molar-refractivity contribution is 0.0319. The minimum absolute atomic E-state index is 0.109. The van der Waals surface area contributed by atoms with Crippen molar-refractivity contribution in [3.05, 3.63) is 65.4 Å². The number of aromatic amines is 1. The number of hydrogen-bond acceptors (Lipinski definition) is 5. The Labute approximate surface area is 157 Å². The molecule has 3 aromatic rings. The monoisotopic (exact) mass is 385 g/mol. The van der Waals surface area contributed by atoms with E-state index < -0.39 is 21.9 Å². The van der Waals surface area contributed by atoms with Crippen LogP contribution in [0.25, 0.3) is 10.9 Å². The zero-order chi connectivity index (χ0) is 19.8. The number of aryl methyl sites for hydroxylation is 1. The van der Waals surface area contributed by atoms with Crippen LogP contribution in [0, 0.1) is 6.92 Å². The summed E-state index contributed by atoms with van der Waals surface area (Å²) in [4.78, 5) is 28.4. The molecule has 27 heavy (non-hydrogen) atoms. The highest BCUT2D eigenvalue weighted by molar-refractivity contribution is 7.90. The van der Waals surface area contributed by atoms with Gasteiger partial charge in [-0.1, -0.05) is 18.2 Å². The first-order valence-electron chi connectivity index (χ1n) is 8.31. The van der Waals surface area contributed by atoms with Gasteiger partial charge in [-0.25, -0.2) is 13.2 Å². The molecule has 1 atom stereocenters. The summed E-state index contributed by atoms with van der Waals surface area (Å²) >= 11 is 0. The van der Waals surface area contributed by atoms with Crippen LogP contribution in [-0.2, 0) is 14.6 Å². The second kappa shape index (κ2) is 7.00. The van der Waals surface area contributed by atoms with E-state index >= 15 is 0 Å². The number of para-hydroxylation sites is 1. The lowest BCUT2D eigenvalue weighted by Gasteiger charge is -2.13. The van der Waals surface area contributed by atoms with Gasteiger partial charge in [0, 0.05) is 28.4 Å². The Morgan fingerprint density at radius 3 is 2.30 bits per heavy atom. The van der Waals surface area contributed by atoms with E-state index in [4.69, 9.17) is 4.74 Å². The summed E-state index contributed by atoms with van der Waals surface area (Å²) in [5.74, 6) is -0.987. The Bertz CT molecular complexity index is 1130. The maximum atomic E-state index is 12.8. The van der Waals surface area contributed by atoms with Crippen molar-refractivity contribution in [3.8, 4) is 0 Å². The predicted molar refractivity (Wildman–Crippen MR) is 102 cm³/mol. The Morgan fingerprint density at radius 2 is 1.67 bits per heavy atom. The maximum absolute atomic E-state index is 12.8. The zero-order valence-electron chi connectivity index (χ0n) is 15.1.